The zero-order valence-electron chi connectivity index (χ0n) is 8.97. The summed E-state index contributed by atoms with van der Waals surface area (Å²) in [7, 11) is 0. The van der Waals surface area contributed by atoms with E-state index < -0.39 is 29.2 Å². The van der Waals surface area contributed by atoms with E-state index in [0.717, 1.165) is 0 Å². The van der Waals surface area contributed by atoms with Gasteiger partial charge in [-0.3, -0.25) is 14.4 Å². The molecule has 0 fully saturated rings. The first kappa shape index (κ1) is 13.9. The molecule has 0 aliphatic rings. The Morgan fingerprint density at radius 1 is 1.07 bits per heavy atom. The van der Waals surface area contributed by atoms with Crippen LogP contribution in [0, 0.1) is 5.92 Å². The number of halogens is 2. The normalized spacial score (nSPS) is 11.6. The van der Waals surface area contributed by atoms with Crippen molar-refractivity contribution < 1.29 is 23.2 Å². The fourth-order valence-corrected chi connectivity index (χ4v) is 1.13. The fourth-order valence-electron chi connectivity index (χ4n) is 1.13. The summed E-state index contributed by atoms with van der Waals surface area (Å²) in [6.45, 7) is 3.26. The largest absolute Gasteiger partial charge is 0.303 e. The first-order chi connectivity index (χ1) is 6.75. The zero-order valence-corrected chi connectivity index (χ0v) is 8.97. The fraction of sp³-hybridized carbons (Fsp3) is 0.700. The molecule has 0 aliphatic heterocycles. The van der Waals surface area contributed by atoms with Gasteiger partial charge in [0.1, 0.15) is 5.92 Å². The molecular formula is C10H14F2O3. The summed E-state index contributed by atoms with van der Waals surface area (Å²) in [5.41, 5.74) is 0. The van der Waals surface area contributed by atoms with Gasteiger partial charge in [0.15, 0.2) is 11.6 Å². The average molecular weight is 220 g/mol. The highest BCUT2D eigenvalue weighted by Crippen LogP contribution is 2.21. The lowest BCUT2D eigenvalue weighted by Gasteiger charge is -2.16. The van der Waals surface area contributed by atoms with Crippen molar-refractivity contribution in [3.05, 3.63) is 0 Å². The van der Waals surface area contributed by atoms with Gasteiger partial charge in [-0.25, -0.2) is 0 Å². The van der Waals surface area contributed by atoms with E-state index in [4.69, 9.17) is 0 Å². The second-order valence-electron chi connectivity index (χ2n) is 3.33. The quantitative estimate of drug-likeness (QED) is 0.641. The van der Waals surface area contributed by atoms with Crippen LogP contribution in [0.3, 0.4) is 0 Å². The van der Waals surface area contributed by atoms with Crippen LogP contribution < -0.4 is 0 Å². The van der Waals surface area contributed by atoms with E-state index in [0.29, 0.717) is 6.92 Å². The molecule has 0 aliphatic carbocycles. The van der Waals surface area contributed by atoms with Crippen LogP contribution in [0.5, 0.6) is 0 Å². The lowest BCUT2D eigenvalue weighted by molar-refractivity contribution is -0.152. The van der Waals surface area contributed by atoms with Gasteiger partial charge >= 0.3 is 5.92 Å². The van der Waals surface area contributed by atoms with E-state index in [1.54, 1.807) is 0 Å². The zero-order chi connectivity index (χ0) is 12.2. The molecule has 0 unspecified atom stereocenters. The molecule has 0 spiro atoms. The van der Waals surface area contributed by atoms with E-state index in [1.807, 2.05) is 0 Å². The Bertz CT molecular complexity index is 263. The van der Waals surface area contributed by atoms with Crippen LogP contribution in [-0.4, -0.2) is 23.3 Å². The third-order valence-corrected chi connectivity index (χ3v) is 2.04. The Kier molecular flexibility index (Phi) is 4.71. The molecule has 0 bridgehead atoms. The number of hydrogen-bond acceptors (Lipinski definition) is 3. The van der Waals surface area contributed by atoms with Gasteiger partial charge in [0.25, 0.3) is 0 Å². The number of Topliss-reactive ketones (excluding diaryl/α,β-unsaturated/α-hetero) is 3. The maximum atomic E-state index is 12.7. The maximum absolute atomic E-state index is 12.7. The molecule has 0 saturated heterocycles. The number of ketones is 3. The van der Waals surface area contributed by atoms with E-state index in [1.165, 1.54) is 13.8 Å². The van der Waals surface area contributed by atoms with Gasteiger partial charge in [-0.05, 0) is 0 Å². The SMILES string of the molecule is CCC(=O)C(C(=O)CC)C(=O)C(C)(F)F. The van der Waals surface area contributed by atoms with E-state index in [-0.39, 0.29) is 12.8 Å². The molecule has 3 nitrogen and oxygen atoms in total. The summed E-state index contributed by atoms with van der Waals surface area (Å²) >= 11 is 0. The second-order valence-corrected chi connectivity index (χ2v) is 3.33. The van der Waals surface area contributed by atoms with Crippen molar-refractivity contribution in [1.82, 2.24) is 0 Å². The number of carbonyl (C=O) groups is 3. The topological polar surface area (TPSA) is 51.2 Å². The average Bonchev–Trinajstić information content (AvgIpc) is 2.15. The predicted octanol–water partition coefficient (Wildman–Crippen LogP) is 1.79. The van der Waals surface area contributed by atoms with Crippen LogP contribution >= 0.6 is 0 Å². The van der Waals surface area contributed by atoms with E-state index >= 15 is 0 Å². The van der Waals surface area contributed by atoms with Crippen LogP contribution in [0.2, 0.25) is 0 Å². The molecule has 15 heavy (non-hydrogen) atoms. The lowest BCUT2D eigenvalue weighted by atomic mass is 9.88. The monoisotopic (exact) mass is 220 g/mol. The van der Waals surface area contributed by atoms with Crippen LogP contribution in [0.15, 0.2) is 0 Å². The predicted molar refractivity (Wildman–Crippen MR) is 49.7 cm³/mol. The van der Waals surface area contributed by atoms with Crippen LogP contribution in [0.4, 0.5) is 8.78 Å². The minimum Gasteiger partial charge on any atom is -0.298 e. The van der Waals surface area contributed by atoms with Crippen molar-refractivity contribution in [1.29, 1.82) is 0 Å². The molecule has 0 amide bonds. The summed E-state index contributed by atoms with van der Waals surface area (Å²) < 4.78 is 25.4. The molecule has 0 atom stereocenters. The molecule has 86 valence electrons. The molecule has 0 saturated carbocycles. The Balaban J connectivity index is 5.04. The smallest absolute Gasteiger partial charge is 0.298 e. The van der Waals surface area contributed by atoms with Gasteiger partial charge in [0.05, 0.1) is 0 Å². The highest BCUT2D eigenvalue weighted by molar-refractivity contribution is 6.20. The third kappa shape index (κ3) is 3.49. The van der Waals surface area contributed by atoms with Gasteiger partial charge in [0, 0.05) is 19.8 Å². The molecule has 0 aromatic heterocycles. The maximum Gasteiger partial charge on any atom is 0.303 e. The van der Waals surface area contributed by atoms with Crippen LogP contribution in [0.1, 0.15) is 33.6 Å². The number of carbonyl (C=O) groups excluding carboxylic acids is 3. The van der Waals surface area contributed by atoms with Crippen molar-refractivity contribution in [2.75, 3.05) is 0 Å². The molecule has 5 heteroatoms. The Morgan fingerprint density at radius 3 is 1.60 bits per heavy atom. The van der Waals surface area contributed by atoms with Gasteiger partial charge < -0.3 is 0 Å². The summed E-state index contributed by atoms with van der Waals surface area (Å²) in [5, 5.41) is 0. The summed E-state index contributed by atoms with van der Waals surface area (Å²) in [6.07, 6.45) is -0.198. The number of alkyl halides is 2. The minimum absolute atomic E-state index is 0.0990. The van der Waals surface area contributed by atoms with Crippen molar-refractivity contribution in [2.45, 2.75) is 39.5 Å². The summed E-state index contributed by atoms with van der Waals surface area (Å²) in [4.78, 5) is 33.6. The van der Waals surface area contributed by atoms with Gasteiger partial charge in [-0.1, -0.05) is 13.8 Å². The van der Waals surface area contributed by atoms with Crippen molar-refractivity contribution in [3.8, 4) is 0 Å². The van der Waals surface area contributed by atoms with Crippen LogP contribution in [0.25, 0.3) is 0 Å². The highest BCUT2D eigenvalue weighted by atomic mass is 19.3. The van der Waals surface area contributed by atoms with Crippen LogP contribution in [-0.2, 0) is 14.4 Å². The second kappa shape index (κ2) is 5.09. The number of hydrogen-bond donors (Lipinski definition) is 0. The van der Waals surface area contributed by atoms with Gasteiger partial charge in [-0.15, -0.1) is 0 Å². The van der Waals surface area contributed by atoms with Crippen molar-refractivity contribution in [3.63, 3.8) is 0 Å². The van der Waals surface area contributed by atoms with E-state index in [2.05, 4.69) is 0 Å². The molecule has 0 rings (SSSR count). The van der Waals surface area contributed by atoms with Crippen molar-refractivity contribution in [2.24, 2.45) is 5.92 Å². The first-order valence-electron chi connectivity index (χ1n) is 4.73. The van der Waals surface area contributed by atoms with Gasteiger partial charge in [0.2, 0.25) is 5.78 Å². The highest BCUT2D eigenvalue weighted by Gasteiger charge is 2.43. The molecular weight excluding hydrogens is 206 g/mol. The third-order valence-electron chi connectivity index (χ3n) is 2.04. The molecule has 0 radical (unpaired) electrons. The summed E-state index contributed by atoms with van der Waals surface area (Å²) in [5.74, 6) is -8.51. The Morgan fingerprint density at radius 2 is 1.40 bits per heavy atom. The Hall–Kier alpha value is -1.13. The molecule has 0 heterocycles. The first-order valence-corrected chi connectivity index (χ1v) is 4.73. The van der Waals surface area contributed by atoms with Gasteiger partial charge in [-0.2, -0.15) is 8.78 Å². The molecule has 0 aromatic rings. The standard InChI is InChI=1S/C10H14F2O3/c1-4-6(13)8(7(14)5-2)9(15)10(3,11)12/h8H,4-5H2,1-3H3. The summed E-state index contributed by atoms with van der Waals surface area (Å²) in [6, 6.07) is 0. The number of rotatable bonds is 6. The molecule has 0 N–H and O–H groups in total. The van der Waals surface area contributed by atoms with E-state index in [9.17, 15) is 23.2 Å². The minimum atomic E-state index is -3.64. The van der Waals surface area contributed by atoms with Crippen molar-refractivity contribution >= 4 is 17.3 Å². The Labute approximate surface area is 86.8 Å². The molecule has 0 aromatic carbocycles. The lowest BCUT2D eigenvalue weighted by Crippen LogP contribution is -2.40.